The highest BCUT2D eigenvalue weighted by Crippen LogP contribution is 2.23. The Labute approximate surface area is 99.5 Å². The fourth-order valence-electron chi connectivity index (χ4n) is 1.89. The second kappa shape index (κ2) is 5.27. The van der Waals surface area contributed by atoms with Gasteiger partial charge in [-0.1, -0.05) is 6.07 Å². The largest absolute Gasteiger partial charge is 0.492 e. The molecule has 1 aliphatic heterocycles. The van der Waals surface area contributed by atoms with Gasteiger partial charge in [0, 0.05) is 12.5 Å². The van der Waals surface area contributed by atoms with Gasteiger partial charge in [0.2, 0.25) is 0 Å². The maximum atomic E-state index is 13.5. The Hall–Kier alpha value is -1.42. The zero-order chi connectivity index (χ0) is 12.3. The van der Waals surface area contributed by atoms with E-state index in [1.165, 1.54) is 13.0 Å². The van der Waals surface area contributed by atoms with Crippen LogP contribution < -0.4 is 4.74 Å². The minimum atomic E-state index is -0.530. The number of Topliss-reactive ketones (excluding diaryl/α,β-unsaturated/α-hetero) is 1. The maximum Gasteiger partial charge on any atom is 0.166 e. The van der Waals surface area contributed by atoms with Crippen molar-refractivity contribution in [3.05, 3.63) is 29.6 Å². The Balaban J connectivity index is 2.09. The average Bonchev–Trinajstić information content (AvgIpc) is 2.78. The number of ketones is 1. The van der Waals surface area contributed by atoms with Gasteiger partial charge in [0.05, 0.1) is 18.8 Å². The van der Waals surface area contributed by atoms with Crippen molar-refractivity contribution in [3.8, 4) is 5.75 Å². The lowest BCUT2D eigenvalue weighted by atomic mass is 10.1. The first-order chi connectivity index (χ1) is 8.18. The number of halogens is 1. The molecule has 0 radical (unpaired) electrons. The molecule has 0 spiro atoms. The predicted molar refractivity (Wildman–Crippen MR) is 60.8 cm³/mol. The highest BCUT2D eigenvalue weighted by molar-refractivity contribution is 5.97. The standard InChI is InChI=1S/C13H15FO3/c1-9(15)13-11(14)3-2-4-12(13)17-8-10-5-6-16-7-10/h2-4,10H,5-8H2,1H3. The average molecular weight is 238 g/mol. The lowest BCUT2D eigenvalue weighted by Gasteiger charge is -2.13. The van der Waals surface area contributed by atoms with Crippen LogP contribution in [0.25, 0.3) is 0 Å². The van der Waals surface area contributed by atoms with Gasteiger partial charge in [-0.05, 0) is 25.5 Å². The molecule has 17 heavy (non-hydrogen) atoms. The number of rotatable bonds is 4. The van der Waals surface area contributed by atoms with Gasteiger partial charge in [0.25, 0.3) is 0 Å². The molecule has 0 aliphatic carbocycles. The van der Waals surface area contributed by atoms with Crippen LogP contribution in [0.3, 0.4) is 0 Å². The van der Waals surface area contributed by atoms with Crippen LogP contribution in [-0.2, 0) is 4.74 Å². The van der Waals surface area contributed by atoms with Gasteiger partial charge in [-0.2, -0.15) is 0 Å². The molecule has 1 aliphatic rings. The van der Waals surface area contributed by atoms with Gasteiger partial charge >= 0.3 is 0 Å². The third-order valence-corrected chi connectivity index (χ3v) is 2.83. The first kappa shape index (κ1) is 12.0. The third kappa shape index (κ3) is 2.82. The van der Waals surface area contributed by atoms with Crippen LogP contribution in [0.2, 0.25) is 0 Å². The molecule has 1 fully saturated rings. The first-order valence-electron chi connectivity index (χ1n) is 5.68. The van der Waals surface area contributed by atoms with Gasteiger partial charge < -0.3 is 9.47 Å². The summed E-state index contributed by atoms with van der Waals surface area (Å²) in [6, 6.07) is 4.43. The molecule has 1 aromatic rings. The van der Waals surface area contributed by atoms with E-state index in [4.69, 9.17) is 9.47 Å². The number of hydrogen-bond donors (Lipinski definition) is 0. The lowest BCUT2D eigenvalue weighted by molar-refractivity contribution is 0.100. The molecule has 3 nitrogen and oxygen atoms in total. The highest BCUT2D eigenvalue weighted by atomic mass is 19.1. The molecule has 0 N–H and O–H groups in total. The summed E-state index contributed by atoms with van der Waals surface area (Å²) in [5, 5.41) is 0. The zero-order valence-corrected chi connectivity index (χ0v) is 9.74. The van der Waals surface area contributed by atoms with Gasteiger partial charge in [0.15, 0.2) is 5.78 Å². The Morgan fingerprint density at radius 1 is 1.59 bits per heavy atom. The molecule has 4 heteroatoms. The molecular formula is C13H15FO3. The van der Waals surface area contributed by atoms with Gasteiger partial charge in [0.1, 0.15) is 11.6 Å². The second-order valence-electron chi connectivity index (χ2n) is 4.21. The summed E-state index contributed by atoms with van der Waals surface area (Å²) in [4.78, 5) is 11.3. The van der Waals surface area contributed by atoms with Crippen molar-refractivity contribution >= 4 is 5.78 Å². The summed E-state index contributed by atoms with van der Waals surface area (Å²) in [5.41, 5.74) is 0.0337. The zero-order valence-electron chi connectivity index (χ0n) is 9.74. The molecule has 1 saturated heterocycles. The predicted octanol–water partition coefficient (Wildman–Crippen LogP) is 2.44. The Morgan fingerprint density at radius 2 is 2.41 bits per heavy atom. The summed E-state index contributed by atoms with van der Waals surface area (Å²) in [6.45, 7) is 3.22. The Bertz CT molecular complexity index is 411. The Morgan fingerprint density at radius 3 is 3.06 bits per heavy atom. The van der Waals surface area contributed by atoms with Crippen LogP contribution >= 0.6 is 0 Å². The molecule has 0 aromatic heterocycles. The molecule has 0 amide bonds. The van der Waals surface area contributed by atoms with Crippen LogP contribution in [0.1, 0.15) is 23.7 Å². The van der Waals surface area contributed by atoms with Crippen LogP contribution in [-0.4, -0.2) is 25.6 Å². The summed E-state index contributed by atoms with van der Waals surface area (Å²) in [5.74, 6) is -0.194. The lowest BCUT2D eigenvalue weighted by Crippen LogP contribution is -2.13. The van der Waals surface area contributed by atoms with E-state index in [-0.39, 0.29) is 11.3 Å². The van der Waals surface area contributed by atoms with Crippen molar-refractivity contribution in [1.29, 1.82) is 0 Å². The van der Waals surface area contributed by atoms with Gasteiger partial charge in [-0.3, -0.25) is 4.79 Å². The number of carbonyl (C=O) groups is 1. The number of hydrogen-bond acceptors (Lipinski definition) is 3. The van der Waals surface area contributed by atoms with Gasteiger partial charge in [-0.25, -0.2) is 4.39 Å². The molecule has 1 atom stereocenters. The fourth-order valence-corrected chi connectivity index (χ4v) is 1.89. The van der Waals surface area contributed by atoms with Crippen LogP contribution in [0, 0.1) is 11.7 Å². The van der Waals surface area contributed by atoms with E-state index in [9.17, 15) is 9.18 Å². The SMILES string of the molecule is CC(=O)c1c(F)cccc1OCC1CCOC1. The molecule has 1 aromatic carbocycles. The third-order valence-electron chi connectivity index (χ3n) is 2.83. The molecule has 0 bridgehead atoms. The van der Waals surface area contributed by atoms with Crippen molar-refractivity contribution in [2.45, 2.75) is 13.3 Å². The molecule has 2 rings (SSSR count). The quantitative estimate of drug-likeness (QED) is 0.756. The minimum absolute atomic E-state index is 0.0337. The van der Waals surface area contributed by atoms with Crippen molar-refractivity contribution in [2.24, 2.45) is 5.92 Å². The molecule has 92 valence electrons. The molecule has 1 heterocycles. The van der Waals surface area contributed by atoms with Crippen molar-refractivity contribution in [3.63, 3.8) is 0 Å². The summed E-state index contributed by atoms with van der Waals surface area (Å²) in [7, 11) is 0. The molecule has 1 unspecified atom stereocenters. The number of benzene rings is 1. The molecular weight excluding hydrogens is 223 g/mol. The highest BCUT2D eigenvalue weighted by Gasteiger charge is 2.19. The number of carbonyl (C=O) groups excluding carboxylic acids is 1. The van der Waals surface area contributed by atoms with E-state index in [1.54, 1.807) is 12.1 Å². The van der Waals surface area contributed by atoms with Crippen LogP contribution in [0.15, 0.2) is 18.2 Å². The summed E-state index contributed by atoms with van der Waals surface area (Å²) in [6.07, 6.45) is 0.949. The summed E-state index contributed by atoms with van der Waals surface area (Å²) < 4.78 is 24.2. The van der Waals surface area contributed by atoms with Crippen LogP contribution in [0.4, 0.5) is 4.39 Å². The van der Waals surface area contributed by atoms with E-state index in [0.29, 0.717) is 24.9 Å². The smallest absolute Gasteiger partial charge is 0.166 e. The maximum absolute atomic E-state index is 13.5. The van der Waals surface area contributed by atoms with Crippen LogP contribution in [0.5, 0.6) is 5.75 Å². The van der Waals surface area contributed by atoms with E-state index in [1.807, 2.05) is 0 Å². The van der Waals surface area contributed by atoms with Crippen molar-refractivity contribution < 1.29 is 18.7 Å². The topological polar surface area (TPSA) is 35.5 Å². The van der Waals surface area contributed by atoms with E-state index < -0.39 is 5.82 Å². The van der Waals surface area contributed by atoms with E-state index >= 15 is 0 Å². The second-order valence-corrected chi connectivity index (χ2v) is 4.21. The van der Waals surface area contributed by atoms with Gasteiger partial charge in [-0.15, -0.1) is 0 Å². The Kier molecular flexibility index (Phi) is 3.74. The normalized spacial score (nSPS) is 19.3. The van der Waals surface area contributed by atoms with E-state index in [0.717, 1.165) is 13.0 Å². The first-order valence-corrected chi connectivity index (χ1v) is 5.68. The fraction of sp³-hybridized carbons (Fsp3) is 0.462. The monoisotopic (exact) mass is 238 g/mol. The van der Waals surface area contributed by atoms with E-state index in [2.05, 4.69) is 0 Å². The summed E-state index contributed by atoms with van der Waals surface area (Å²) >= 11 is 0. The van der Waals surface area contributed by atoms with Crippen molar-refractivity contribution in [2.75, 3.05) is 19.8 Å². The number of ether oxygens (including phenoxy) is 2. The molecule has 0 saturated carbocycles. The minimum Gasteiger partial charge on any atom is -0.492 e. The van der Waals surface area contributed by atoms with Crippen molar-refractivity contribution in [1.82, 2.24) is 0 Å².